The lowest BCUT2D eigenvalue weighted by Gasteiger charge is -2.26. The van der Waals surface area contributed by atoms with E-state index in [1.807, 2.05) is 116 Å². The molecule has 1 heterocycles. The van der Waals surface area contributed by atoms with E-state index >= 15 is 0 Å². The molecular formula is C41H32BrN3O4S. The molecule has 0 aliphatic heterocycles. The van der Waals surface area contributed by atoms with Gasteiger partial charge in [0, 0.05) is 43.6 Å². The van der Waals surface area contributed by atoms with Gasteiger partial charge in [0.1, 0.15) is 17.2 Å². The highest BCUT2D eigenvalue weighted by molar-refractivity contribution is 9.10. The Morgan fingerprint density at radius 1 is 0.720 bits per heavy atom. The van der Waals surface area contributed by atoms with Crippen LogP contribution in [0.15, 0.2) is 171 Å². The van der Waals surface area contributed by atoms with Crippen LogP contribution < -0.4 is 15.5 Å². The van der Waals surface area contributed by atoms with E-state index in [0.29, 0.717) is 22.8 Å². The quantitative estimate of drug-likeness (QED) is 0.102. The molecule has 9 heteroatoms. The van der Waals surface area contributed by atoms with Gasteiger partial charge in [0.2, 0.25) is 5.91 Å². The number of hydrogen-bond donors (Lipinski definition) is 2. The van der Waals surface area contributed by atoms with Crippen LogP contribution in [0.5, 0.6) is 0 Å². The average Bonchev–Trinajstić information content (AvgIpc) is 3.62. The number of carbonyl (C=O) groups excluding carboxylic acids is 3. The van der Waals surface area contributed by atoms with Crippen molar-refractivity contribution in [2.75, 3.05) is 10.2 Å². The summed E-state index contributed by atoms with van der Waals surface area (Å²) in [5.41, 5.74) is 3.38. The number of benzene rings is 5. The third-order valence-electron chi connectivity index (χ3n) is 7.59. The predicted octanol–water partition coefficient (Wildman–Crippen LogP) is 9.96. The maximum absolute atomic E-state index is 13.8. The Morgan fingerprint density at radius 2 is 1.30 bits per heavy atom. The van der Waals surface area contributed by atoms with Crippen LogP contribution in [0, 0.1) is 0 Å². The Hall–Kier alpha value is -5.64. The molecule has 0 radical (unpaired) electrons. The number of furan rings is 1. The highest BCUT2D eigenvalue weighted by Crippen LogP contribution is 2.32. The average molecular weight is 743 g/mol. The van der Waals surface area contributed by atoms with E-state index in [1.54, 1.807) is 47.4 Å². The summed E-state index contributed by atoms with van der Waals surface area (Å²) < 4.78 is 6.96. The second kappa shape index (κ2) is 16.2. The van der Waals surface area contributed by atoms with Crippen LogP contribution in [0.4, 0.5) is 17.1 Å². The van der Waals surface area contributed by atoms with Gasteiger partial charge in [-0.1, -0.05) is 82.7 Å². The van der Waals surface area contributed by atoms with E-state index in [9.17, 15) is 14.4 Å². The van der Waals surface area contributed by atoms with Crippen LogP contribution >= 0.6 is 27.7 Å². The summed E-state index contributed by atoms with van der Waals surface area (Å²) in [7, 11) is 0. The van der Waals surface area contributed by atoms with Gasteiger partial charge in [-0.15, -0.1) is 11.8 Å². The molecule has 0 bridgehead atoms. The number of nitrogens with one attached hydrogen (secondary N) is 2. The van der Waals surface area contributed by atoms with Gasteiger partial charge in [0.05, 0.1) is 5.25 Å². The molecule has 0 aliphatic carbocycles. The Labute approximate surface area is 303 Å². The molecular weight excluding hydrogens is 710 g/mol. The van der Waals surface area contributed by atoms with Crippen molar-refractivity contribution in [2.24, 2.45) is 0 Å². The summed E-state index contributed by atoms with van der Waals surface area (Å²) in [6.45, 7) is 1.88. The number of nitrogens with zero attached hydrogens (tertiary/aromatic N) is 1. The van der Waals surface area contributed by atoms with Crippen molar-refractivity contribution in [3.8, 4) is 11.3 Å². The van der Waals surface area contributed by atoms with Crippen LogP contribution in [-0.4, -0.2) is 23.0 Å². The zero-order valence-electron chi connectivity index (χ0n) is 27.0. The molecule has 6 aromatic rings. The molecule has 0 spiro atoms. The van der Waals surface area contributed by atoms with E-state index < -0.39 is 17.1 Å². The second-order valence-corrected chi connectivity index (χ2v) is 13.5. The lowest BCUT2D eigenvalue weighted by molar-refractivity contribution is -0.117. The normalized spacial score (nSPS) is 11.8. The molecule has 7 nitrogen and oxygen atoms in total. The van der Waals surface area contributed by atoms with Gasteiger partial charge < -0.3 is 15.1 Å². The van der Waals surface area contributed by atoms with E-state index in [2.05, 4.69) is 26.6 Å². The van der Waals surface area contributed by atoms with Gasteiger partial charge in [-0.25, -0.2) is 0 Å². The number of rotatable bonds is 11. The zero-order valence-corrected chi connectivity index (χ0v) is 29.4. The first-order chi connectivity index (χ1) is 24.3. The number of para-hydroxylation sites is 2. The van der Waals surface area contributed by atoms with Gasteiger partial charge in [0.25, 0.3) is 11.8 Å². The lowest BCUT2D eigenvalue weighted by atomic mass is 10.2. The number of anilines is 3. The minimum Gasteiger partial charge on any atom is -0.457 e. The van der Waals surface area contributed by atoms with Crippen LogP contribution in [-0.2, 0) is 9.59 Å². The van der Waals surface area contributed by atoms with Gasteiger partial charge in [-0.3, -0.25) is 19.3 Å². The first-order valence-corrected chi connectivity index (χ1v) is 17.5. The summed E-state index contributed by atoms with van der Waals surface area (Å²) >= 11 is 4.87. The fourth-order valence-corrected chi connectivity index (χ4v) is 6.27. The molecule has 0 fully saturated rings. The van der Waals surface area contributed by atoms with Gasteiger partial charge in [0.15, 0.2) is 0 Å². The molecule has 3 amide bonds. The standard InChI is InChI=1S/C41H32BrN3O4S/c1-28(41(48)45(33-13-7-3-8-14-33)34-15-9-4-10-16-34)50-36-24-21-32(22-25-36)43-40(47)37(44-39(46)30-11-5-2-6-12-30)27-35-23-26-38(49-35)29-17-19-31(42)20-18-29/h2-28H,1H3,(H,43,47)(H,44,46)/b37-27-. The summed E-state index contributed by atoms with van der Waals surface area (Å²) in [5.74, 6) is -0.00510. The lowest BCUT2D eigenvalue weighted by Crippen LogP contribution is -2.32. The van der Waals surface area contributed by atoms with Crippen molar-refractivity contribution in [1.29, 1.82) is 0 Å². The molecule has 6 rings (SSSR count). The number of hydrogen-bond acceptors (Lipinski definition) is 5. The SMILES string of the molecule is CC(Sc1ccc(NC(=O)/C(=C/c2ccc(-c3ccc(Br)cc3)o2)NC(=O)c2ccccc2)cc1)C(=O)N(c1ccccc1)c1ccccc1. The van der Waals surface area contributed by atoms with E-state index in [0.717, 1.165) is 26.3 Å². The number of thioether (sulfide) groups is 1. The molecule has 0 saturated heterocycles. The monoisotopic (exact) mass is 741 g/mol. The summed E-state index contributed by atoms with van der Waals surface area (Å²) in [6, 6.07) is 46.2. The van der Waals surface area contributed by atoms with Crippen molar-refractivity contribution in [3.63, 3.8) is 0 Å². The molecule has 0 aliphatic rings. The van der Waals surface area contributed by atoms with Crippen LogP contribution in [0.3, 0.4) is 0 Å². The third-order valence-corrected chi connectivity index (χ3v) is 9.22. The third kappa shape index (κ3) is 8.68. The minimum absolute atomic E-state index is 0.00939. The Morgan fingerprint density at radius 3 is 1.90 bits per heavy atom. The van der Waals surface area contributed by atoms with Crippen molar-refractivity contribution >= 4 is 68.6 Å². The Bertz CT molecular complexity index is 2060. The van der Waals surface area contributed by atoms with Crippen molar-refractivity contribution in [2.45, 2.75) is 17.1 Å². The maximum Gasteiger partial charge on any atom is 0.272 e. The molecule has 5 aromatic carbocycles. The first kappa shape index (κ1) is 34.2. The van der Waals surface area contributed by atoms with Crippen LogP contribution in [0.1, 0.15) is 23.0 Å². The predicted molar refractivity (Wildman–Crippen MR) is 204 cm³/mol. The molecule has 1 unspecified atom stereocenters. The molecule has 50 heavy (non-hydrogen) atoms. The van der Waals surface area contributed by atoms with Crippen molar-refractivity contribution < 1.29 is 18.8 Å². The van der Waals surface area contributed by atoms with Crippen molar-refractivity contribution in [3.05, 3.63) is 173 Å². The fourth-order valence-electron chi connectivity index (χ4n) is 5.09. The molecule has 1 aromatic heterocycles. The molecule has 1 atom stereocenters. The molecule has 0 saturated carbocycles. The number of carbonyl (C=O) groups is 3. The second-order valence-electron chi connectivity index (χ2n) is 11.2. The topological polar surface area (TPSA) is 91.6 Å². The minimum atomic E-state index is -0.527. The zero-order chi connectivity index (χ0) is 34.9. The Kier molecular flexibility index (Phi) is 11.1. The summed E-state index contributed by atoms with van der Waals surface area (Å²) in [4.78, 5) is 43.0. The first-order valence-electron chi connectivity index (χ1n) is 15.8. The maximum atomic E-state index is 13.8. The van der Waals surface area contributed by atoms with Crippen LogP contribution in [0.2, 0.25) is 0 Å². The van der Waals surface area contributed by atoms with Crippen LogP contribution in [0.25, 0.3) is 17.4 Å². The van der Waals surface area contributed by atoms with E-state index in [1.165, 1.54) is 17.8 Å². The molecule has 2 N–H and O–H groups in total. The smallest absolute Gasteiger partial charge is 0.272 e. The number of amides is 3. The van der Waals surface area contributed by atoms with Gasteiger partial charge in [-0.2, -0.15) is 0 Å². The fraction of sp³-hybridized carbons (Fsp3) is 0.0488. The van der Waals surface area contributed by atoms with Gasteiger partial charge >= 0.3 is 0 Å². The summed E-state index contributed by atoms with van der Waals surface area (Å²) in [5, 5.41) is 5.21. The van der Waals surface area contributed by atoms with E-state index in [4.69, 9.17) is 4.42 Å². The largest absolute Gasteiger partial charge is 0.457 e. The highest BCUT2D eigenvalue weighted by atomic mass is 79.9. The number of halogens is 1. The summed E-state index contributed by atoms with van der Waals surface area (Å²) in [6.07, 6.45) is 1.50. The van der Waals surface area contributed by atoms with Crippen molar-refractivity contribution in [1.82, 2.24) is 5.32 Å². The van der Waals surface area contributed by atoms with Gasteiger partial charge in [-0.05, 0) is 91.9 Å². The molecule has 248 valence electrons. The van der Waals surface area contributed by atoms with E-state index in [-0.39, 0.29) is 11.6 Å². The Balaban J connectivity index is 1.17. The highest BCUT2D eigenvalue weighted by Gasteiger charge is 2.24.